The van der Waals surface area contributed by atoms with Gasteiger partial charge >= 0.3 is 6.03 Å². The first-order valence-corrected chi connectivity index (χ1v) is 10.8. The van der Waals surface area contributed by atoms with Gasteiger partial charge in [-0.1, -0.05) is 6.07 Å². The minimum Gasteiger partial charge on any atom is -0.386 e. The number of halogens is 2. The molecule has 4 rings (SSSR count). The molecule has 1 saturated heterocycles. The van der Waals surface area contributed by atoms with Crippen molar-refractivity contribution in [2.24, 2.45) is 5.73 Å². The monoisotopic (exact) mass is 572 g/mol. The molecule has 168 valence electrons. The van der Waals surface area contributed by atoms with Crippen LogP contribution in [0.1, 0.15) is 6.23 Å². The number of nitrogens with zero attached hydrogens (tertiary/aromatic N) is 4. The van der Waals surface area contributed by atoms with E-state index in [0.29, 0.717) is 11.3 Å². The van der Waals surface area contributed by atoms with Crippen molar-refractivity contribution >= 4 is 68.8 Å². The molecule has 1 fully saturated rings. The van der Waals surface area contributed by atoms with Gasteiger partial charge in [0.05, 0.1) is 12.4 Å². The molecule has 0 bridgehead atoms. The van der Waals surface area contributed by atoms with Gasteiger partial charge in [-0.25, -0.2) is 9.78 Å². The molecular formula is C18H18ClIN8O4. The number of aromatic nitrogens is 4. The zero-order valence-electron chi connectivity index (χ0n) is 16.5. The number of aliphatic hydroxyl groups excluding tert-OH is 1. The van der Waals surface area contributed by atoms with Gasteiger partial charge in [0, 0.05) is 16.3 Å². The number of hydrogen-bond acceptors (Lipinski definition) is 8. The van der Waals surface area contributed by atoms with Crippen LogP contribution in [0, 0.1) is 3.57 Å². The van der Waals surface area contributed by atoms with E-state index in [-0.39, 0.29) is 10.9 Å². The topological polar surface area (TPSA) is 169 Å². The number of carbonyl (C=O) groups is 2. The predicted octanol–water partition coefficient (Wildman–Crippen LogP) is 0.869. The van der Waals surface area contributed by atoms with Crippen LogP contribution < -0.4 is 21.7 Å². The Labute approximate surface area is 200 Å². The highest BCUT2D eigenvalue weighted by molar-refractivity contribution is 14.1. The van der Waals surface area contributed by atoms with E-state index >= 15 is 0 Å². The van der Waals surface area contributed by atoms with Crippen molar-refractivity contribution in [1.82, 2.24) is 30.2 Å². The maximum Gasteiger partial charge on any atom is 0.312 e. The molecule has 0 aliphatic carbocycles. The lowest BCUT2D eigenvalue weighted by atomic mass is 10.1. The van der Waals surface area contributed by atoms with Gasteiger partial charge in [0.2, 0.25) is 5.28 Å². The van der Waals surface area contributed by atoms with Crippen LogP contribution in [0.2, 0.25) is 5.28 Å². The third-order valence-electron chi connectivity index (χ3n) is 4.84. The average Bonchev–Trinajstić information content (AvgIpc) is 3.28. The van der Waals surface area contributed by atoms with Crippen LogP contribution in [0.4, 0.5) is 16.3 Å². The van der Waals surface area contributed by atoms with Gasteiger partial charge in [0.1, 0.15) is 6.10 Å². The maximum atomic E-state index is 12.2. The first-order chi connectivity index (χ1) is 15.3. The third-order valence-corrected chi connectivity index (χ3v) is 5.68. The summed E-state index contributed by atoms with van der Waals surface area (Å²) in [5.41, 5.74) is 6.60. The third kappa shape index (κ3) is 4.28. The van der Waals surface area contributed by atoms with Crippen LogP contribution in [0.3, 0.4) is 0 Å². The number of primary amides is 1. The van der Waals surface area contributed by atoms with E-state index < -0.39 is 36.4 Å². The van der Waals surface area contributed by atoms with Crippen molar-refractivity contribution in [3.63, 3.8) is 0 Å². The van der Waals surface area contributed by atoms with Gasteiger partial charge in [-0.15, -0.1) is 0 Å². The van der Waals surface area contributed by atoms with Gasteiger partial charge < -0.3 is 31.5 Å². The number of nitrogens with one attached hydrogen (secondary N) is 3. The Balaban J connectivity index is 1.73. The molecule has 32 heavy (non-hydrogen) atoms. The van der Waals surface area contributed by atoms with Crippen LogP contribution in [0.15, 0.2) is 30.6 Å². The van der Waals surface area contributed by atoms with Crippen LogP contribution in [0.5, 0.6) is 0 Å². The molecule has 0 saturated carbocycles. The first kappa shape index (κ1) is 22.4. The summed E-state index contributed by atoms with van der Waals surface area (Å²) >= 11 is 8.34. The fraction of sp³-hybridized carbons (Fsp3) is 0.278. The van der Waals surface area contributed by atoms with Gasteiger partial charge in [0.25, 0.3) is 5.91 Å². The number of benzene rings is 1. The molecule has 0 spiro atoms. The summed E-state index contributed by atoms with van der Waals surface area (Å²) in [6.45, 7) is 0. The quantitative estimate of drug-likeness (QED) is 0.222. The van der Waals surface area contributed by atoms with Gasteiger partial charge in [-0.2, -0.15) is 9.97 Å². The Bertz CT molecular complexity index is 1190. The molecule has 3 aromatic rings. The molecule has 1 aromatic carbocycles. The minimum absolute atomic E-state index is 0.0606. The molecule has 3 amide bonds. The van der Waals surface area contributed by atoms with Crippen molar-refractivity contribution in [2.75, 3.05) is 12.4 Å². The SMILES string of the molecule is CNC(=O)C1OC(n2cnc3c(Nc4cccc(I)c4)nc(Cl)nc32)C(O)C1NC(N)=O. The van der Waals surface area contributed by atoms with Crippen molar-refractivity contribution in [3.05, 3.63) is 39.4 Å². The number of likely N-dealkylation sites (N-methyl/N-ethyl adjacent to an activating group) is 1. The summed E-state index contributed by atoms with van der Waals surface area (Å²) in [5.74, 6) is -0.189. The van der Waals surface area contributed by atoms with E-state index in [1.807, 2.05) is 24.3 Å². The van der Waals surface area contributed by atoms with Gasteiger partial charge in [-0.05, 0) is 52.4 Å². The molecule has 14 heteroatoms. The lowest BCUT2D eigenvalue weighted by Crippen LogP contribution is -2.53. The van der Waals surface area contributed by atoms with Gasteiger partial charge in [0.15, 0.2) is 29.3 Å². The van der Waals surface area contributed by atoms with E-state index in [1.54, 1.807) is 0 Å². The summed E-state index contributed by atoms with van der Waals surface area (Å²) in [7, 11) is 1.41. The summed E-state index contributed by atoms with van der Waals surface area (Å²) < 4.78 is 8.21. The summed E-state index contributed by atoms with van der Waals surface area (Å²) in [5, 5.41) is 18.7. The highest BCUT2D eigenvalue weighted by atomic mass is 127. The fourth-order valence-electron chi connectivity index (χ4n) is 3.46. The van der Waals surface area contributed by atoms with Crippen LogP contribution in [0.25, 0.3) is 11.2 Å². The molecule has 2 aromatic heterocycles. The highest BCUT2D eigenvalue weighted by Crippen LogP contribution is 2.33. The summed E-state index contributed by atoms with van der Waals surface area (Å²) in [6, 6.07) is 5.61. The smallest absolute Gasteiger partial charge is 0.312 e. The zero-order valence-corrected chi connectivity index (χ0v) is 19.4. The van der Waals surface area contributed by atoms with Crippen molar-refractivity contribution in [3.8, 4) is 0 Å². The zero-order chi connectivity index (χ0) is 23.0. The Hall–Kier alpha value is -2.75. The molecule has 0 radical (unpaired) electrons. The average molecular weight is 573 g/mol. The lowest BCUT2D eigenvalue weighted by Gasteiger charge is -2.19. The second-order valence-corrected chi connectivity index (χ2v) is 8.47. The number of rotatable bonds is 5. The number of anilines is 2. The number of amides is 3. The summed E-state index contributed by atoms with van der Waals surface area (Å²) in [4.78, 5) is 36.4. The van der Waals surface area contributed by atoms with Gasteiger partial charge in [-0.3, -0.25) is 9.36 Å². The minimum atomic E-state index is -1.33. The number of hydrogen-bond donors (Lipinski definition) is 5. The van der Waals surface area contributed by atoms with E-state index in [4.69, 9.17) is 22.1 Å². The number of ether oxygens (including phenoxy) is 1. The Kier molecular flexibility index (Phi) is 6.32. The Morgan fingerprint density at radius 3 is 2.81 bits per heavy atom. The van der Waals surface area contributed by atoms with Crippen LogP contribution in [-0.2, 0) is 9.53 Å². The number of nitrogens with two attached hydrogens (primary N) is 1. The molecule has 4 atom stereocenters. The fourth-order valence-corrected chi connectivity index (χ4v) is 4.17. The Morgan fingerprint density at radius 1 is 1.34 bits per heavy atom. The standard InChI is InChI=1S/C18H18ClIN8O4/c1-22-15(30)12-9(25-18(21)31)11(29)16(32-12)28-6-23-10-13(26-17(19)27-14(10)28)24-8-4-2-3-7(20)5-8/h2-6,9,11-12,16,29H,1H3,(H,22,30)(H3,21,25,31)(H,24,26,27). The number of imidazole rings is 1. The van der Waals surface area contributed by atoms with Crippen LogP contribution >= 0.6 is 34.2 Å². The second kappa shape index (κ2) is 9.01. The Morgan fingerprint density at radius 2 is 2.12 bits per heavy atom. The number of urea groups is 1. The molecule has 6 N–H and O–H groups in total. The molecule has 12 nitrogen and oxygen atoms in total. The van der Waals surface area contributed by atoms with Crippen molar-refractivity contribution in [1.29, 1.82) is 0 Å². The van der Waals surface area contributed by atoms with Crippen molar-refractivity contribution in [2.45, 2.75) is 24.5 Å². The molecule has 1 aliphatic heterocycles. The number of fused-ring (bicyclic) bond motifs is 1. The van der Waals surface area contributed by atoms with Crippen LogP contribution in [-0.4, -0.2) is 61.9 Å². The van der Waals surface area contributed by atoms with E-state index in [2.05, 4.69) is 53.5 Å². The normalized spacial score (nSPS) is 22.6. The largest absolute Gasteiger partial charge is 0.386 e. The maximum absolute atomic E-state index is 12.2. The van der Waals surface area contributed by atoms with E-state index in [9.17, 15) is 14.7 Å². The van der Waals surface area contributed by atoms with E-state index in [1.165, 1.54) is 17.9 Å². The number of aliphatic hydroxyl groups is 1. The first-order valence-electron chi connectivity index (χ1n) is 9.32. The molecule has 4 unspecified atom stereocenters. The molecular weight excluding hydrogens is 555 g/mol. The molecule has 3 heterocycles. The number of carbonyl (C=O) groups excluding carboxylic acids is 2. The lowest BCUT2D eigenvalue weighted by molar-refractivity contribution is -0.134. The predicted molar refractivity (Wildman–Crippen MR) is 123 cm³/mol. The highest BCUT2D eigenvalue weighted by Gasteiger charge is 2.49. The summed E-state index contributed by atoms with van der Waals surface area (Å²) in [6.07, 6.45) is -2.23. The second-order valence-electron chi connectivity index (χ2n) is 6.89. The van der Waals surface area contributed by atoms with Crippen molar-refractivity contribution < 1.29 is 19.4 Å². The van der Waals surface area contributed by atoms with E-state index in [0.717, 1.165) is 9.26 Å². The molecule has 1 aliphatic rings.